The molecule has 86 valence electrons. The summed E-state index contributed by atoms with van der Waals surface area (Å²) < 4.78 is 0. The standard InChI is InChI=1S/C13H12N2OS/c1-8-7-14-6-5-9(8)13-15-12-10(16)3-2-4-11(12)17-13/h5-7H,2-4H2,1H3. The first-order valence-electron chi connectivity index (χ1n) is 5.69. The van der Waals surface area contributed by atoms with Crippen LogP contribution in [0.3, 0.4) is 0 Å². The molecule has 2 aromatic rings. The lowest BCUT2D eigenvalue weighted by molar-refractivity contribution is 0.0968. The monoisotopic (exact) mass is 244 g/mol. The fraction of sp³-hybridized carbons (Fsp3) is 0.308. The number of hydrogen-bond donors (Lipinski definition) is 0. The van der Waals surface area contributed by atoms with Crippen LogP contribution < -0.4 is 0 Å². The molecule has 2 aromatic heterocycles. The molecule has 0 atom stereocenters. The first-order valence-corrected chi connectivity index (χ1v) is 6.51. The average Bonchev–Trinajstić information content (AvgIpc) is 2.75. The molecule has 1 aliphatic rings. The molecule has 0 aromatic carbocycles. The summed E-state index contributed by atoms with van der Waals surface area (Å²) in [6.45, 7) is 2.02. The Labute approximate surface area is 104 Å². The number of rotatable bonds is 1. The minimum Gasteiger partial charge on any atom is -0.292 e. The van der Waals surface area contributed by atoms with Gasteiger partial charge in [-0.2, -0.15) is 0 Å². The predicted octanol–water partition coefficient (Wildman–Crippen LogP) is 3.03. The molecule has 0 aliphatic heterocycles. The first-order chi connectivity index (χ1) is 8.25. The van der Waals surface area contributed by atoms with E-state index in [1.165, 1.54) is 0 Å². The number of carbonyl (C=O) groups is 1. The van der Waals surface area contributed by atoms with Gasteiger partial charge < -0.3 is 0 Å². The van der Waals surface area contributed by atoms with E-state index < -0.39 is 0 Å². The minimum absolute atomic E-state index is 0.195. The van der Waals surface area contributed by atoms with Crippen molar-refractivity contribution in [3.8, 4) is 10.6 Å². The highest BCUT2D eigenvalue weighted by Crippen LogP contribution is 2.33. The van der Waals surface area contributed by atoms with E-state index in [1.54, 1.807) is 17.5 Å². The summed E-state index contributed by atoms with van der Waals surface area (Å²) >= 11 is 1.65. The second kappa shape index (κ2) is 4.04. The number of pyridine rings is 1. The van der Waals surface area contributed by atoms with Crippen LogP contribution in [0.1, 0.15) is 33.8 Å². The van der Waals surface area contributed by atoms with Gasteiger partial charge in [0.1, 0.15) is 10.7 Å². The number of hydrogen-bond acceptors (Lipinski definition) is 4. The Kier molecular flexibility index (Phi) is 2.52. The summed E-state index contributed by atoms with van der Waals surface area (Å²) in [5.41, 5.74) is 2.89. The zero-order valence-electron chi connectivity index (χ0n) is 9.56. The Morgan fingerprint density at radius 1 is 1.35 bits per heavy atom. The number of aromatic nitrogens is 2. The van der Waals surface area contributed by atoms with Crippen molar-refractivity contribution >= 4 is 17.1 Å². The number of nitrogens with zero attached hydrogens (tertiary/aromatic N) is 2. The van der Waals surface area contributed by atoms with Gasteiger partial charge in [-0.05, 0) is 31.4 Å². The van der Waals surface area contributed by atoms with E-state index in [1.807, 2.05) is 19.2 Å². The predicted molar refractivity (Wildman–Crippen MR) is 67.4 cm³/mol. The molecule has 0 unspecified atom stereocenters. The molecule has 0 spiro atoms. The minimum atomic E-state index is 0.195. The molecule has 3 nitrogen and oxygen atoms in total. The molecule has 0 amide bonds. The molecular formula is C13H12N2OS. The van der Waals surface area contributed by atoms with E-state index in [-0.39, 0.29) is 5.78 Å². The summed E-state index contributed by atoms with van der Waals surface area (Å²) in [4.78, 5) is 21.5. The average molecular weight is 244 g/mol. The van der Waals surface area contributed by atoms with Crippen molar-refractivity contribution in [3.63, 3.8) is 0 Å². The largest absolute Gasteiger partial charge is 0.292 e. The molecule has 0 bridgehead atoms. The van der Waals surface area contributed by atoms with Crippen LogP contribution in [-0.4, -0.2) is 15.8 Å². The maximum absolute atomic E-state index is 11.7. The lowest BCUT2D eigenvalue weighted by atomic mass is 10.0. The number of Topliss-reactive ketones (excluding diaryl/α,β-unsaturated/α-hetero) is 1. The third-order valence-corrected chi connectivity index (χ3v) is 4.17. The summed E-state index contributed by atoms with van der Waals surface area (Å²) in [5, 5.41) is 0.949. The molecule has 3 rings (SSSR count). The molecule has 0 radical (unpaired) electrons. The van der Waals surface area contributed by atoms with Crippen molar-refractivity contribution in [2.24, 2.45) is 0 Å². The smallest absolute Gasteiger partial charge is 0.182 e. The molecule has 0 saturated heterocycles. The maximum Gasteiger partial charge on any atom is 0.182 e. The fourth-order valence-corrected chi connectivity index (χ4v) is 3.31. The molecule has 0 N–H and O–H groups in total. The van der Waals surface area contributed by atoms with Gasteiger partial charge in [-0.1, -0.05) is 0 Å². The highest BCUT2D eigenvalue weighted by atomic mass is 32.1. The van der Waals surface area contributed by atoms with Gasteiger partial charge in [0.05, 0.1) is 0 Å². The lowest BCUT2D eigenvalue weighted by Gasteiger charge is -2.06. The second-order valence-corrected chi connectivity index (χ2v) is 5.34. The Morgan fingerprint density at radius 2 is 2.24 bits per heavy atom. The number of ketones is 1. The van der Waals surface area contributed by atoms with Crippen molar-refractivity contribution in [1.29, 1.82) is 0 Å². The van der Waals surface area contributed by atoms with Gasteiger partial charge in [-0.3, -0.25) is 9.78 Å². The van der Waals surface area contributed by atoms with E-state index >= 15 is 0 Å². The van der Waals surface area contributed by atoms with Crippen LogP contribution in [0, 0.1) is 6.92 Å². The van der Waals surface area contributed by atoms with Crippen molar-refractivity contribution in [2.45, 2.75) is 26.2 Å². The van der Waals surface area contributed by atoms with Gasteiger partial charge in [0.25, 0.3) is 0 Å². The first kappa shape index (κ1) is 10.6. The molecule has 17 heavy (non-hydrogen) atoms. The van der Waals surface area contributed by atoms with E-state index in [0.717, 1.165) is 33.9 Å². The van der Waals surface area contributed by atoms with E-state index in [2.05, 4.69) is 9.97 Å². The SMILES string of the molecule is Cc1cnccc1-c1nc2c(s1)CCCC2=O. The summed E-state index contributed by atoms with van der Waals surface area (Å²) in [5.74, 6) is 0.195. The quantitative estimate of drug-likeness (QED) is 0.774. The van der Waals surface area contributed by atoms with Crippen LogP contribution in [0.2, 0.25) is 0 Å². The molecular weight excluding hydrogens is 232 g/mol. The highest BCUT2D eigenvalue weighted by molar-refractivity contribution is 7.15. The third kappa shape index (κ3) is 1.78. The molecule has 1 aliphatic carbocycles. The normalized spacial score (nSPS) is 14.8. The summed E-state index contributed by atoms with van der Waals surface area (Å²) in [6, 6.07) is 1.96. The second-order valence-electron chi connectivity index (χ2n) is 4.26. The van der Waals surface area contributed by atoms with Gasteiger partial charge in [0, 0.05) is 29.3 Å². The van der Waals surface area contributed by atoms with Crippen LogP contribution >= 0.6 is 11.3 Å². The van der Waals surface area contributed by atoms with Crippen LogP contribution in [0.15, 0.2) is 18.5 Å². The Bertz CT molecular complexity index is 589. The van der Waals surface area contributed by atoms with Gasteiger partial charge in [0.15, 0.2) is 5.78 Å². The summed E-state index contributed by atoms with van der Waals surface area (Å²) in [7, 11) is 0. The van der Waals surface area contributed by atoms with Gasteiger partial charge >= 0.3 is 0 Å². The number of thiazole rings is 1. The van der Waals surface area contributed by atoms with E-state index in [0.29, 0.717) is 12.1 Å². The molecule has 0 fully saturated rings. The number of aryl methyl sites for hydroxylation is 2. The van der Waals surface area contributed by atoms with Crippen LogP contribution in [-0.2, 0) is 6.42 Å². The molecule has 4 heteroatoms. The lowest BCUT2D eigenvalue weighted by Crippen LogP contribution is -2.08. The van der Waals surface area contributed by atoms with Crippen molar-refractivity contribution < 1.29 is 4.79 Å². The fourth-order valence-electron chi connectivity index (χ4n) is 2.10. The van der Waals surface area contributed by atoms with Crippen LogP contribution in [0.25, 0.3) is 10.6 Å². The maximum atomic E-state index is 11.7. The zero-order chi connectivity index (χ0) is 11.8. The Morgan fingerprint density at radius 3 is 3.00 bits per heavy atom. The van der Waals surface area contributed by atoms with Crippen molar-refractivity contribution in [2.75, 3.05) is 0 Å². The van der Waals surface area contributed by atoms with Crippen molar-refractivity contribution in [3.05, 3.63) is 34.6 Å². The molecule has 2 heterocycles. The number of carbonyl (C=O) groups excluding carboxylic acids is 1. The number of fused-ring (bicyclic) bond motifs is 1. The van der Waals surface area contributed by atoms with Crippen molar-refractivity contribution in [1.82, 2.24) is 9.97 Å². The van der Waals surface area contributed by atoms with Gasteiger partial charge in [-0.25, -0.2) is 4.98 Å². The highest BCUT2D eigenvalue weighted by Gasteiger charge is 2.22. The zero-order valence-corrected chi connectivity index (χ0v) is 10.4. The van der Waals surface area contributed by atoms with E-state index in [4.69, 9.17) is 0 Å². The van der Waals surface area contributed by atoms with Crippen LogP contribution in [0.4, 0.5) is 0 Å². The Hall–Kier alpha value is -1.55. The van der Waals surface area contributed by atoms with E-state index in [9.17, 15) is 4.79 Å². The Balaban J connectivity index is 2.11. The van der Waals surface area contributed by atoms with Crippen LogP contribution in [0.5, 0.6) is 0 Å². The topological polar surface area (TPSA) is 42.9 Å². The van der Waals surface area contributed by atoms with Gasteiger partial charge in [-0.15, -0.1) is 11.3 Å². The summed E-state index contributed by atoms with van der Waals surface area (Å²) in [6.07, 6.45) is 6.19. The third-order valence-electron chi connectivity index (χ3n) is 3.02. The molecule has 0 saturated carbocycles. The van der Waals surface area contributed by atoms with Gasteiger partial charge in [0.2, 0.25) is 0 Å².